The maximum absolute atomic E-state index is 13.9. The van der Waals surface area contributed by atoms with Crippen LogP contribution < -0.4 is 4.74 Å². The Morgan fingerprint density at radius 1 is 1.22 bits per heavy atom. The zero-order valence-corrected chi connectivity index (χ0v) is 13.8. The molecule has 1 aliphatic rings. The average molecular weight is 405 g/mol. The van der Waals surface area contributed by atoms with Crippen LogP contribution in [0.3, 0.4) is 0 Å². The summed E-state index contributed by atoms with van der Waals surface area (Å²) in [6.07, 6.45) is -6.50. The average Bonchev–Trinajstić information content (AvgIpc) is 2.71. The molecule has 0 aliphatic carbocycles. The van der Waals surface area contributed by atoms with Crippen molar-refractivity contribution in [2.45, 2.75) is 22.7 Å². The number of sulfone groups is 1. The van der Waals surface area contributed by atoms with Crippen LogP contribution in [0.25, 0.3) is 4.85 Å². The van der Waals surface area contributed by atoms with Gasteiger partial charge in [-0.15, -0.1) is 0 Å². The second kappa shape index (κ2) is 6.17. The molecule has 0 aromatic heterocycles. The third-order valence-electron chi connectivity index (χ3n) is 3.88. The fourth-order valence-corrected chi connectivity index (χ4v) is 4.15. The highest BCUT2D eigenvalue weighted by atomic mass is 32.2. The number of hydrogen-bond donors (Lipinski definition) is 1. The summed E-state index contributed by atoms with van der Waals surface area (Å²) in [5, 5.41) is 4.99. The first-order chi connectivity index (χ1) is 12.5. The van der Waals surface area contributed by atoms with Crippen LogP contribution in [0.15, 0.2) is 35.2 Å². The molecule has 0 radical (unpaired) electrons. The Bertz CT molecular complexity index is 1080. The number of benzene rings is 2. The summed E-state index contributed by atoms with van der Waals surface area (Å²) < 4.78 is 97.0. The normalized spacial score (nSPS) is 19.6. The van der Waals surface area contributed by atoms with Gasteiger partial charge >= 0.3 is 5.25 Å². The number of halogens is 5. The van der Waals surface area contributed by atoms with Gasteiger partial charge in [-0.05, 0) is 24.3 Å². The SMILES string of the molecule is [C-]#[N+]c1cc(F)cc(Oc2ccc3c(c2C(F)F)C(O)C(F)(F)S3(=O)=O)c1. The molecule has 142 valence electrons. The predicted octanol–water partition coefficient (Wildman–Crippen LogP) is 4.52. The minimum Gasteiger partial charge on any atom is -0.458 e. The molecule has 0 amide bonds. The lowest BCUT2D eigenvalue weighted by molar-refractivity contribution is -0.0391. The molecule has 11 heteroatoms. The van der Waals surface area contributed by atoms with E-state index in [0.717, 1.165) is 18.2 Å². The molecule has 5 nitrogen and oxygen atoms in total. The molecule has 0 spiro atoms. The van der Waals surface area contributed by atoms with Gasteiger partial charge in [-0.2, -0.15) is 8.78 Å². The third-order valence-corrected chi connectivity index (χ3v) is 5.75. The van der Waals surface area contributed by atoms with Crippen molar-refractivity contribution in [1.29, 1.82) is 0 Å². The van der Waals surface area contributed by atoms with Gasteiger partial charge < -0.3 is 9.84 Å². The molecule has 27 heavy (non-hydrogen) atoms. The van der Waals surface area contributed by atoms with Gasteiger partial charge in [0.2, 0.25) is 9.84 Å². The maximum atomic E-state index is 13.9. The van der Waals surface area contributed by atoms with Gasteiger partial charge in [0.25, 0.3) is 6.43 Å². The van der Waals surface area contributed by atoms with Gasteiger partial charge in [0.1, 0.15) is 17.3 Å². The molecule has 3 rings (SSSR count). The number of hydrogen-bond acceptors (Lipinski definition) is 4. The molecule has 0 saturated heterocycles. The Morgan fingerprint density at radius 2 is 1.89 bits per heavy atom. The molecule has 1 heterocycles. The predicted molar refractivity (Wildman–Crippen MR) is 81.2 cm³/mol. The van der Waals surface area contributed by atoms with Crippen LogP contribution in [-0.2, 0) is 9.84 Å². The standard InChI is InChI=1S/C16H8F5NO4S/c1-22-8-4-7(17)5-9(6-8)26-10-2-3-11-13(12(10)15(18)19)14(23)16(20,21)27(11,24)25/h2-6,14-15,23H. The largest absolute Gasteiger partial charge is 0.458 e. The van der Waals surface area contributed by atoms with E-state index >= 15 is 0 Å². The maximum Gasteiger partial charge on any atom is 0.379 e. The topological polar surface area (TPSA) is 68.0 Å². The van der Waals surface area contributed by atoms with Crippen molar-refractivity contribution in [3.05, 3.63) is 58.7 Å². The number of ether oxygens (including phenoxy) is 1. The van der Waals surface area contributed by atoms with Crippen molar-refractivity contribution in [2.24, 2.45) is 0 Å². The van der Waals surface area contributed by atoms with Crippen molar-refractivity contribution in [1.82, 2.24) is 0 Å². The van der Waals surface area contributed by atoms with Crippen molar-refractivity contribution in [2.75, 3.05) is 0 Å². The highest BCUT2D eigenvalue weighted by Gasteiger charge is 2.61. The number of aliphatic hydroxyl groups is 1. The first kappa shape index (κ1) is 19.1. The van der Waals surface area contributed by atoms with E-state index in [1.165, 1.54) is 0 Å². The minimum absolute atomic E-state index is 0.209. The van der Waals surface area contributed by atoms with Gasteiger partial charge in [-0.3, -0.25) is 0 Å². The van der Waals surface area contributed by atoms with Crippen LogP contribution >= 0.6 is 0 Å². The number of aliphatic hydroxyl groups excluding tert-OH is 1. The first-order valence-corrected chi connectivity index (χ1v) is 8.60. The monoisotopic (exact) mass is 405 g/mol. The summed E-state index contributed by atoms with van der Waals surface area (Å²) in [6.45, 7) is 6.84. The quantitative estimate of drug-likeness (QED) is 0.602. The van der Waals surface area contributed by atoms with E-state index < -0.39 is 55.2 Å². The van der Waals surface area contributed by atoms with E-state index in [4.69, 9.17) is 11.3 Å². The molecular formula is C16H8F5NO4S. The van der Waals surface area contributed by atoms with Crippen molar-refractivity contribution in [3.63, 3.8) is 0 Å². The third kappa shape index (κ3) is 2.81. The zero-order chi connectivity index (χ0) is 20.1. The number of rotatable bonds is 3. The van der Waals surface area contributed by atoms with Crippen LogP contribution in [0.2, 0.25) is 0 Å². The smallest absolute Gasteiger partial charge is 0.379 e. The van der Waals surface area contributed by atoms with Crippen molar-refractivity contribution in [3.8, 4) is 11.5 Å². The molecule has 1 aliphatic heterocycles. The van der Waals surface area contributed by atoms with Gasteiger partial charge in [-0.1, -0.05) is 0 Å². The van der Waals surface area contributed by atoms with Crippen LogP contribution in [0, 0.1) is 12.4 Å². The Morgan fingerprint density at radius 3 is 2.48 bits per heavy atom. The summed E-state index contributed by atoms with van der Waals surface area (Å²) >= 11 is 0. The first-order valence-electron chi connectivity index (χ1n) is 7.12. The molecule has 1 atom stereocenters. The number of nitrogens with zero attached hydrogens (tertiary/aromatic N) is 1. The van der Waals surface area contributed by atoms with E-state index in [9.17, 15) is 35.5 Å². The molecule has 0 bridgehead atoms. The number of alkyl halides is 4. The van der Waals surface area contributed by atoms with Crippen LogP contribution in [-0.4, -0.2) is 18.8 Å². The molecule has 2 aromatic rings. The van der Waals surface area contributed by atoms with Crippen LogP contribution in [0.1, 0.15) is 23.7 Å². The Balaban J connectivity index is 2.20. The lowest BCUT2D eigenvalue weighted by Crippen LogP contribution is -2.28. The molecule has 1 N–H and O–H groups in total. The van der Waals surface area contributed by atoms with E-state index in [-0.39, 0.29) is 11.4 Å². The minimum atomic E-state index is -5.37. The summed E-state index contributed by atoms with van der Waals surface area (Å²) in [4.78, 5) is 1.83. The fourth-order valence-electron chi connectivity index (χ4n) is 2.69. The van der Waals surface area contributed by atoms with E-state index in [1.807, 2.05) is 0 Å². The van der Waals surface area contributed by atoms with Gasteiger partial charge in [0.15, 0.2) is 11.8 Å². The second-order valence-corrected chi connectivity index (χ2v) is 7.51. The van der Waals surface area contributed by atoms with Crippen molar-refractivity contribution >= 4 is 15.5 Å². The fraction of sp³-hybridized carbons (Fsp3) is 0.188. The molecule has 0 fully saturated rings. The molecule has 1 unspecified atom stereocenters. The lowest BCUT2D eigenvalue weighted by Gasteiger charge is -2.17. The van der Waals surface area contributed by atoms with Gasteiger partial charge in [-0.25, -0.2) is 26.4 Å². The second-order valence-electron chi connectivity index (χ2n) is 5.52. The zero-order valence-electron chi connectivity index (χ0n) is 13.0. The summed E-state index contributed by atoms with van der Waals surface area (Å²) in [5.41, 5.74) is -2.64. The highest BCUT2D eigenvalue weighted by Crippen LogP contribution is 2.53. The molecular weight excluding hydrogens is 397 g/mol. The van der Waals surface area contributed by atoms with Gasteiger partial charge in [0.05, 0.1) is 17.0 Å². The highest BCUT2D eigenvalue weighted by molar-refractivity contribution is 7.92. The van der Waals surface area contributed by atoms with E-state index in [1.54, 1.807) is 0 Å². The van der Waals surface area contributed by atoms with Crippen LogP contribution in [0.5, 0.6) is 11.5 Å². The Labute approximate surface area is 149 Å². The lowest BCUT2D eigenvalue weighted by atomic mass is 10.0. The summed E-state index contributed by atoms with van der Waals surface area (Å²) in [6, 6.07) is 3.94. The molecule has 0 saturated carbocycles. The van der Waals surface area contributed by atoms with Crippen molar-refractivity contribution < 1.29 is 40.2 Å². The summed E-state index contributed by atoms with van der Waals surface area (Å²) in [7, 11) is -5.37. The Hall–Kier alpha value is -2.71. The van der Waals surface area contributed by atoms with Crippen LogP contribution in [0.4, 0.5) is 27.6 Å². The van der Waals surface area contributed by atoms with E-state index in [0.29, 0.717) is 12.1 Å². The van der Waals surface area contributed by atoms with E-state index in [2.05, 4.69) is 4.85 Å². The van der Waals surface area contributed by atoms with Gasteiger partial charge in [0, 0.05) is 11.6 Å². The number of fused-ring (bicyclic) bond motifs is 1. The Kier molecular flexibility index (Phi) is 4.36. The molecule has 2 aromatic carbocycles. The summed E-state index contributed by atoms with van der Waals surface area (Å²) in [5.74, 6) is -2.05.